The molecular weight excluding hydrogens is 372 g/mol. The fourth-order valence-corrected chi connectivity index (χ4v) is 3.90. The van der Waals surface area contributed by atoms with Gasteiger partial charge in [0.1, 0.15) is 11.4 Å². The number of hydrogen-bond donors (Lipinski definition) is 0. The molecule has 5 nitrogen and oxygen atoms in total. The van der Waals surface area contributed by atoms with Crippen LogP contribution < -0.4 is 4.74 Å². The summed E-state index contributed by atoms with van der Waals surface area (Å²) in [5, 5.41) is 0. The average Bonchev–Trinajstić information content (AvgIpc) is 3.07. The van der Waals surface area contributed by atoms with Crippen molar-refractivity contribution in [1.29, 1.82) is 0 Å². The van der Waals surface area contributed by atoms with Crippen molar-refractivity contribution >= 4 is 22.0 Å². The Balaban J connectivity index is 1.63. The second-order valence-corrected chi connectivity index (χ2v) is 8.48. The number of hydrogen-bond acceptors (Lipinski definition) is 4. The summed E-state index contributed by atoms with van der Waals surface area (Å²) in [7, 11) is 1.70. The molecule has 2 aliphatic heterocycles. The number of piperazine rings is 1. The molecule has 0 saturated carbocycles. The van der Waals surface area contributed by atoms with Crippen molar-refractivity contribution in [1.82, 2.24) is 9.80 Å². The Labute approximate surface area is 152 Å². The molecular formula is C18H25BrN2O3. The van der Waals surface area contributed by atoms with Crippen molar-refractivity contribution in [3.05, 3.63) is 28.2 Å². The molecule has 0 unspecified atom stereocenters. The lowest BCUT2D eigenvalue weighted by atomic mass is 10.1. The summed E-state index contributed by atoms with van der Waals surface area (Å²) >= 11 is 3.48. The summed E-state index contributed by atoms with van der Waals surface area (Å²) in [6.07, 6.45) is 0.842. The number of carbonyl (C=O) groups is 1. The summed E-state index contributed by atoms with van der Waals surface area (Å²) in [4.78, 5) is 16.6. The van der Waals surface area contributed by atoms with Gasteiger partial charge in [0.25, 0.3) is 0 Å². The number of benzene rings is 1. The highest BCUT2D eigenvalue weighted by Gasteiger charge is 2.46. The first-order valence-electron chi connectivity index (χ1n) is 8.33. The number of likely N-dealkylation sites (tertiary alicyclic amines) is 2. The lowest BCUT2D eigenvalue weighted by Crippen LogP contribution is -2.49. The molecule has 132 valence electrons. The van der Waals surface area contributed by atoms with Gasteiger partial charge in [-0.25, -0.2) is 4.79 Å². The van der Waals surface area contributed by atoms with E-state index in [0.717, 1.165) is 36.3 Å². The molecule has 1 aromatic carbocycles. The van der Waals surface area contributed by atoms with E-state index in [4.69, 9.17) is 9.47 Å². The van der Waals surface area contributed by atoms with Crippen LogP contribution in [0.4, 0.5) is 4.79 Å². The first-order valence-corrected chi connectivity index (χ1v) is 9.12. The Morgan fingerprint density at radius 2 is 2.04 bits per heavy atom. The zero-order valence-corrected chi connectivity index (χ0v) is 16.3. The molecule has 2 saturated heterocycles. The van der Waals surface area contributed by atoms with E-state index in [2.05, 4.69) is 26.9 Å². The van der Waals surface area contributed by atoms with Crippen LogP contribution in [0.5, 0.6) is 5.75 Å². The topological polar surface area (TPSA) is 42.0 Å². The third-order valence-corrected chi connectivity index (χ3v) is 5.10. The first kappa shape index (κ1) is 17.5. The predicted octanol–water partition coefficient (Wildman–Crippen LogP) is 3.65. The van der Waals surface area contributed by atoms with Gasteiger partial charge in [-0.3, -0.25) is 4.90 Å². The molecule has 1 amide bonds. The van der Waals surface area contributed by atoms with Crippen molar-refractivity contribution in [3.63, 3.8) is 0 Å². The quantitative estimate of drug-likeness (QED) is 0.781. The third-order valence-electron chi connectivity index (χ3n) is 4.60. The minimum absolute atomic E-state index is 0.184. The fraction of sp³-hybridized carbons (Fsp3) is 0.611. The van der Waals surface area contributed by atoms with E-state index in [9.17, 15) is 4.79 Å². The summed E-state index contributed by atoms with van der Waals surface area (Å²) < 4.78 is 12.0. The normalized spacial score (nSPS) is 23.6. The molecule has 0 aliphatic carbocycles. The number of nitrogens with zero attached hydrogens (tertiary/aromatic N) is 2. The second kappa shape index (κ2) is 6.56. The van der Waals surface area contributed by atoms with Gasteiger partial charge in [-0.05, 0) is 39.3 Å². The SMILES string of the molecule is COc1cc(Br)ccc1CN1C[C@H]2C[C@@H]1CN2C(=O)OC(C)(C)C. The first-order chi connectivity index (χ1) is 11.3. The molecule has 2 fully saturated rings. The molecule has 0 aromatic heterocycles. The molecule has 0 N–H and O–H groups in total. The van der Waals surface area contributed by atoms with Gasteiger partial charge >= 0.3 is 6.09 Å². The largest absolute Gasteiger partial charge is 0.496 e. The zero-order valence-electron chi connectivity index (χ0n) is 14.7. The number of ether oxygens (including phenoxy) is 2. The lowest BCUT2D eigenvalue weighted by Gasteiger charge is -2.35. The van der Waals surface area contributed by atoms with E-state index in [-0.39, 0.29) is 12.1 Å². The van der Waals surface area contributed by atoms with Gasteiger partial charge in [0.15, 0.2) is 0 Å². The van der Waals surface area contributed by atoms with Gasteiger partial charge in [-0.1, -0.05) is 22.0 Å². The second-order valence-electron chi connectivity index (χ2n) is 7.56. The van der Waals surface area contributed by atoms with Crippen LogP contribution in [0, 0.1) is 0 Å². The zero-order chi connectivity index (χ0) is 17.5. The number of fused-ring (bicyclic) bond motifs is 2. The summed E-state index contributed by atoms with van der Waals surface area (Å²) in [6, 6.07) is 6.79. The number of rotatable bonds is 3. The third kappa shape index (κ3) is 3.70. The van der Waals surface area contributed by atoms with Crippen molar-refractivity contribution in [2.75, 3.05) is 20.2 Å². The maximum Gasteiger partial charge on any atom is 0.410 e. The number of halogens is 1. The van der Waals surface area contributed by atoms with Gasteiger partial charge in [0.05, 0.1) is 7.11 Å². The number of amides is 1. The minimum Gasteiger partial charge on any atom is -0.496 e. The maximum atomic E-state index is 12.3. The Hall–Kier alpha value is -1.27. The van der Waals surface area contributed by atoms with Gasteiger partial charge in [-0.15, -0.1) is 0 Å². The van der Waals surface area contributed by atoms with Gasteiger partial charge in [0.2, 0.25) is 0 Å². The number of methoxy groups -OCH3 is 1. The Bertz CT molecular complexity index is 629. The molecule has 6 heteroatoms. The Kier molecular flexibility index (Phi) is 4.80. The van der Waals surface area contributed by atoms with E-state index in [1.54, 1.807) is 7.11 Å². The van der Waals surface area contributed by atoms with Crippen molar-refractivity contribution in [3.8, 4) is 5.75 Å². The molecule has 0 radical (unpaired) electrons. The summed E-state index contributed by atoms with van der Waals surface area (Å²) in [5.41, 5.74) is 0.737. The van der Waals surface area contributed by atoms with Crippen LogP contribution in [0.1, 0.15) is 32.8 Å². The molecule has 2 bridgehead atoms. The number of carbonyl (C=O) groups excluding carboxylic acids is 1. The van der Waals surface area contributed by atoms with E-state index in [0.29, 0.717) is 6.04 Å². The monoisotopic (exact) mass is 396 g/mol. The van der Waals surface area contributed by atoms with E-state index >= 15 is 0 Å². The highest BCUT2D eigenvalue weighted by Crippen LogP contribution is 2.34. The molecule has 2 aliphatic rings. The highest BCUT2D eigenvalue weighted by molar-refractivity contribution is 9.10. The molecule has 1 aromatic rings. The summed E-state index contributed by atoms with van der Waals surface area (Å²) in [5.74, 6) is 0.899. The maximum absolute atomic E-state index is 12.3. The van der Waals surface area contributed by atoms with Crippen LogP contribution in [0.3, 0.4) is 0 Å². The van der Waals surface area contributed by atoms with E-state index in [1.807, 2.05) is 37.8 Å². The van der Waals surface area contributed by atoms with Crippen LogP contribution in [-0.2, 0) is 11.3 Å². The fourth-order valence-electron chi connectivity index (χ4n) is 3.56. The Morgan fingerprint density at radius 3 is 2.62 bits per heavy atom. The smallest absolute Gasteiger partial charge is 0.410 e. The Morgan fingerprint density at radius 1 is 1.29 bits per heavy atom. The van der Waals surface area contributed by atoms with Gasteiger partial charge in [-0.2, -0.15) is 0 Å². The molecule has 0 spiro atoms. The molecule has 2 atom stereocenters. The van der Waals surface area contributed by atoms with Crippen LogP contribution >= 0.6 is 15.9 Å². The minimum atomic E-state index is -0.441. The van der Waals surface area contributed by atoms with Crippen LogP contribution in [0.25, 0.3) is 0 Å². The van der Waals surface area contributed by atoms with E-state index in [1.165, 1.54) is 5.56 Å². The van der Waals surface area contributed by atoms with Crippen LogP contribution in [0.2, 0.25) is 0 Å². The van der Waals surface area contributed by atoms with Gasteiger partial charge < -0.3 is 14.4 Å². The molecule has 24 heavy (non-hydrogen) atoms. The molecule has 3 rings (SSSR count). The predicted molar refractivity (Wildman–Crippen MR) is 96.2 cm³/mol. The van der Waals surface area contributed by atoms with E-state index < -0.39 is 5.60 Å². The van der Waals surface area contributed by atoms with Crippen molar-refractivity contribution in [2.45, 2.75) is 51.4 Å². The average molecular weight is 397 g/mol. The summed E-state index contributed by atoms with van der Waals surface area (Å²) in [6.45, 7) is 8.21. The highest BCUT2D eigenvalue weighted by atomic mass is 79.9. The van der Waals surface area contributed by atoms with Crippen LogP contribution in [0.15, 0.2) is 22.7 Å². The molecule has 2 heterocycles. The van der Waals surface area contributed by atoms with Crippen molar-refractivity contribution in [2.24, 2.45) is 0 Å². The van der Waals surface area contributed by atoms with Crippen LogP contribution in [-0.4, -0.2) is 53.8 Å². The lowest BCUT2D eigenvalue weighted by molar-refractivity contribution is 0.0123. The van der Waals surface area contributed by atoms with Gasteiger partial charge in [0, 0.05) is 41.8 Å². The van der Waals surface area contributed by atoms with Crippen molar-refractivity contribution < 1.29 is 14.3 Å². The standard InChI is InChI=1S/C18H25BrN2O3/c1-18(2,3)24-17(22)21-11-14-8-15(21)10-20(14)9-12-5-6-13(19)7-16(12)23-4/h5-7,14-15H,8-11H2,1-4H3/t14-,15-/m1/s1.